The molecule has 214 valence electrons. The summed E-state index contributed by atoms with van der Waals surface area (Å²) < 4.78 is 45.2. The lowest BCUT2D eigenvalue weighted by Gasteiger charge is -2.41. The normalized spacial score (nSPS) is 19.9. The Kier molecular flexibility index (Phi) is 11.4. The molecule has 0 spiro atoms. The summed E-state index contributed by atoms with van der Waals surface area (Å²) in [5, 5.41) is 10.3. The highest BCUT2D eigenvalue weighted by Crippen LogP contribution is 2.32. The van der Waals surface area contributed by atoms with Gasteiger partial charge >= 0.3 is 12.2 Å². The first kappa shape index (κ1) is 31.4. The molecule has 12 heteroatoms. The first-order chi connectivity index (χ1) is 17.7. The van der Waals surface area contributed by atoms with Crippen LogP contribution in [0.1, 0.15) is 62.9 Å². The van der Waals surface area contributed by atoms with Crippen molar-refractivity contribution in [2.75, 3.05) is 32.6 Å². The van der Waals surface area contributed by atoms with Gasteiger partial charge in [-0.25, -0.2) is 4.79 Å². The highest BCUT2D eigenvalue weighted by atomic mass is 19.4. The molecule has 0 saturated heterocycles. The highest BCUT2D eigenvalue weighted by Gasteiger charge is 2.34. The van der Waals surface area contributed by atoms with E-state index in [4.69, 9.17) is 4.74 Å². The number of urea groups is 1. The molecule has 1 fully saturated rings. The van der Waals surface area contributed by atoms with Gasteiger partial charge in [-0.15, -0.1) is 0 Å². The van der Waals surface area contributed by atoms with Crippen LogP contribution >= 0.6 is 0 Å². The maximum absolute atomic E-state index is 13.3. The number of halogens is 3. The molecule has 1 aromatic carbocycles. The number of nitrogens with one attached hydrogen (secondary N) is 4. The number of amides is 4. The fourth-order valence-corrected chi connectivity index (χ4v) is 4.57. The van der Waals surface area contributed by atoms with Crippen LogP contribution in [0.3, 0.4) is 0 Å². The fourth-order valence-electron chi connectivity index (χ4n) is 4.57. The minimum absolute atomic E-state index is 0.0818. The van der Waals surface area contributed by atoms with E-state index in [0.717, 1.165) is 31.4 Å². The lowest BCUT2D eigenvalue weighted by atomic mass is 9.81. The molecule has 4 amide bonds. The van der Waals surface area contributed by atoms with Gasteiger partial charge in [0.2, 0.25) is 5.91 Å². The zero-order valence-corrected chi connectivity index (χ0v) is 22.9. The molecule has 0 aliphatic heterocycles. The van der Waals surface area contributed by atoms with Crippen molar-refractivity contribution in [2.24, 2.45) is 5.92 Å². The van der Waals surface area contributed by atoms with Gasteiger partial charge in [-0.3, -0.25) is 9.59 Å². The van der Waals surface area contributed by atoms with Crippen LogP contribution in [-0.4, -0.2) is 74.2 Å². The molecule has 1 aliphatic rings. The first-order valence-corrected chi connectivity index (χ1v) is 12.8. The molecule has 2 rings (SSSR count). The van der Waals surface area contributed by atoms with E-state index >= 15 is 0 Å². The van der Waals surface area contributed by atoms with E-state index in [1.807, 2.05) is 0 Å². The minimum Gasteiger partial charge on any atom is -0.384 e. The lowest BCUT2D eigenvalue weighted by Crippen LogP contribution is -2.52. The van der Waals surface area contributed by atoms with Crippen molar-refractivity contribution >= 4 is 23.5 Å². The predicted octanol–water partition coefficient (Wildman–Crippen LogP) is 3.61. The Morgan fingerprint density at radius 3 is 2.39 bits per heavy atom. The van der Waals surface area contributed by atoms with E-state index in [1.165, 1.54) is 0 Å². The number of nitrogens with zero attached hydrogens (tertiary/aromatic N) is 1. The summed E-state index contributed by atoms with van der Waals surface area (Å²) in [5.41, 5.74) is -1.56. The fraction of sp³-hybridized carbons (Fsp3) is 0.654. The van der Waals surface area contributed by atoms with E-state index in [2.05, 4.69) is 47.1 Å². The van der Waals surface area contributed by atoms with E-state index in [-0.39, 0.29) is 23.7 Å². The Balaban J connectivity index is 2.08. The third kappa shape index (κ3) is 9.16. The number of methoxy groups -OCH3 is 1. The molecule has 38 heavy (non-hydrogen) atoms. The Bertz CT molecular complexity index is 971. The van der Waals surface area contributed by atoms with Crippen LogP contribution in [0.2, 0.25) is 0 Å². The molecular formula is C26H40F3N5O4. The number of carbonyl (C=O) groups is 3. The van der Waals surface area contributed by atoms with Crippen LogP contribution in [0.4, 0.5) is 23.7 Å². The second-order valence-electron chi connectivity index (χ2n) is 10.3. The minimum atomic E-state index is -4.69. The summed E-state index contributed by atoms with van der Waals surface area (Å²) in [6, 6.07) is 2.14. The van der Waals surface area contributed by atoms with Crippen molar-refractivity contribution in [3.05, 3.63) is 29.3 Å². The Hall–Kier alpha value is -2.86. The second kappa shape index (κ2) is 13.8. The van der Waals surface area contributed by atoms with Crippen LogP contribution in [0.25, 0.3) is 0 Å². The maximum Gasteiger partial charge on any atom is 0.416 e. The zero-order chi connectivity index (χ0) is 28.6. The highest BCUT2D eigenvalue weighted by molar-refractivity contribution is 6.04. The Morgan fingerprint density at radius 2 is 1.82 bits per heavy atom. The SMILES string of the molecule is COC[C@H]1C[C@H](N(C)C(C)C)CC[C@@H]1NC(=O)CNC(=O)c1cc(C(F)(F)F)ccc1NC(=O)NC(C)C. The number of hydrogen-bond donors (Lipinski definition) is 4. The average molecular weight is 544 g/mol. The van der Waals surface area contributed by atoms with Gasteiger partial charge in [0.25, 0.3) is 5.91 Å². The van der Waals surface area contributed by atoms with Gasteiger partial charge in [-0.1, -0.05) is 0 Å². The summed E-state index contributed by atoms with van der Waals surface area (Å²) in [5.74, 6) is -1.29. The smallest absolute Gasteiger partial charge is 0.384 e. The van der Waals surface area contributed by atoms with Gasteiger partial charge in [0.15, 0.2) is 0 Å². The van der Waals surface area contributed by atoms with Crippen LogP contribution < -0.4 is 21.3 Å². The lowest BCUT2D eigenvalue weighted by molar-refractivity contribution is -0.137. The molecule has 0 bridgehead atoms. The van der Waals surface area contributed by atoms with Crippen molar-refractivity contribution in [1.29, 1.82) is 0 Å². The van der Waals surface area contributed by atoms with E-state index in [1.54, 1.807) is 21.0 Å². The Labute approximate surface area is 222 Å². The van der Waals surface area contributed by atoms with Crippen LogP contribution in [-0.2, 0) is 15.7 Å². The third-order valence-corrected chi connectivity index (χ3v) is 6.74. The Morgan fingerprint density at radius 1 is 1.13 bits per heavy atom. The van der Waals surface area contributed by atoms with E-state index in [0.29, 0.717) is 24.8 Å². The molecule has 1 aromatic rings. The van der Waals surface area contributed by atoms with Crippen molar-refractivity contribution in [1.82, 2.24) is 20.9 Å². The monoisotopic (exact) mass is 543 g/mol. The largest absolute Gasteiger partial charge is 0.416 e. The summed E-state index contributed by atoms with van der Waals surface area (Å²) in [7, 11) is 3.69. The van der Waals surface area contributed by atoms with Crippen molar-refractivity contribution in [2.45, 2.75) is 77.3 Å². The summed E-state index contributed by atoms with van der Waals surface area (Å²) >= 11 is 0. The molecule has 0 heterocycles. The molecule has 0 aromatic heterocycles. The average Bonchev–Trinajstić information content (AvgIpc) is 2.82. The van der Waals surface area contributed by atoms with Gasteiger partial charge in [-0.05, 0) is 72.2 Å². The quantitative estimate of drug-likeness (QED) is 0.360. The van der Waals surface area contributed by atoms with E-state index in [9.17, 15) is 27.6 Å². The molecule has 9 nitrogen and oxygen atoms in total. The van der Waals surface area contributed by atoms with Crippen molar-refractivity contribution < 1.29 is 32.3 Å². The molecule has 1 saturated carbocycles. The van der Waals surface area contributed by atoms with Gasteiger partial charge in [0.05, 0.1) is 30.0 Å². The van der Waals surface area contributed by atoms with Gasteiger partial charge in [0, 0.05) is 37.2 Å². The summed E-state index contributed by atoms with van der Waals surface area (Å²) in [6.07, 6.45) is -2.21. The van der Waals surface area contributed by atoms with E-state index < -0.39 is 41.7 Å². The second-order valence-corrected chi connectivity index (χ2v) is 10.3. The van der Waals surface area contributed by atoms with Crippen LogP contribution in [0.5, 0.6) is 0 Å². The predicted molar refractivity (Wildman–Crippen MR) is 139 cm³/mol. The molecule has 0 radical (unpaired) electrons. The van der Waals surface area contributed by atoms with Gasteiger partial charge in [0.1, 0.15) is 0 Å². The number of benzene rings is 1. The number of carbonyl (C=O) groups excluding carboxylic acids is 3. The topological polar surface area (TPSA) is 112 Å². The number of hydrogen-bond acceptors (Lipinski definition) is 5. The number of alkyl halides is 3. The summed E-state index contributed by atoms with van der Waals surface area (Å²) in [4.78, 5) is 39.9. The van der Waals surface area contributed by atoms with Gasteiger partial charge in [-0.2, -0.15) is 13.2 Å². The standard InChI is InChI=1S/C26H40F3N5O4/c1-15(2)31-25(37)33-22-9-7-18(26(27,28)29)12-20(22)24(36)30-13-23(35)32-21-10-8-19(34(5)16(3)4)11-17(21)14-38-6/h7,9,12,15-17,19,21H,8,10-11,13-14H2,1-6H3,(H,30,36)(H,32,35)(H2,31,33,37)/t17-,19-,21+/m1/s1. The first-order valence-electron chi connectivity index (χ1n) is 12.8. The number of rotatable bonds is 10. The van der Waals surface area contributed by atoms with Crippen molar-refractivity contribution in [3.63, 3.8) is 0 Å². The molecule has 0 unspecified atom stereocenters. The van der Waals surface area contributed by atoms with Crippen LogP contribution in [0.15, 0.2) is 18.2 Å². The number of anilines is 1. The molecular weight excluding hydrogens is 503 g/mol. The number of ether oxygens (including phenoxy) is 1. The molecule has 1 aliphatic carbocycles. The van der Waals surface area contributed by atoms with Gasteiger partial charge < -0.3 is 30.9 Å². The maximum atomic E-state index is 13.3. The third-order valence-electron chi connectivity index (χ3n) is 6.74. The van der Waals surface area contributed by atoms with Crippen LogP contribution in [0, 0.1) is 5.92 Å². The zero-order valence-electron chi connectivity index (χ0n) is 22.9. The molecule has 4 N–H and O–H groups in total. The molecule has 3 atom stereocenters. The summed E-state index contributed by atoms with van der Waals surface area (Å²) in [6.45, 7) is 7.72. The van der Waals surface area contributed by atoms with Crippen molar-refractivity contribution in [3.8, 4) is 0 Å².